The molecule has 0 saturated carbocycles. The summed E-state index contributed by atoms with van der Waals surface area (Å²) in [6, 6.07) is 40.8. The number of furan rings is 1. The van der Waals surface area contributed by atoms with Crippen LogP contribution >= 0.6 is 0 Å². The number of hydrogen-bond acceptors (Lipinski definition) is 2. The molecule has 4 nitrogen and oxygen atoms in total. The van der Waals surface area contributed by atoms with Gasteiger partial charge in [0.25, 0.3) is 0 Å². The van der Waals surface area contributed by atoms with Crippen LogP contribution in [-0.2, 0) is 21.7 Å². The maximum Gasteiger partial charge on any atom is 0.157 e. The normalized spacial score (nSPS) is 13.2. The van der Waals surface area contributed by atoms with E-state index in [-0.39, 0.29) is 21.7 Å². The number of aromatic nitrogens is 2. The van der Waals surface area contributed by atoms with Gasteiger partial charge in [-0.2, -0.15) is 5.26 Å². The SMILES string of the molecule is CC(C)(C)c1ccc2c(c1)c1cc(C(C)(C)C)ccc1n2-c1cc(-n2c3ccc(C(C)(C)C)cc3c3cc(C(C)(C)C)ccc32)c2c(oc3ccccc32)c1C#N. The Balaban J connectivity index is 1.48. The highest BCUT2D eigenvalue weighted by molar-refractivity contribution is 6.17. The Bertz CT molecular complexity index is 3020. The van der Waals surface area contributed by atoms with E-state index < -0.39 is 0 Å². The molecule has 0 N–H and O–H groups in total. The van der Waals surface area contributed by atoms with Gasteiger partial charge in [0.1, 0.15) is 17.2 Å². The molecular formula is C53H53N3O. The van der Waals surface area contributed by atoms with Crippen molar-refractivity contribution >= 4 is 65.6 Å². The van der Waals surface area contributed by atoms with Gasteiger partial charge in [0.2, 0.25) is 0 Å². The summed E-state index contributed by atoms with van der Waals surface area (Å²) in [6.07, 6.45) is 0. The lowest BCUT2D eigenvalue weighted by Gasteiger charge is -2.20. The van der Waals surface area contributed by atoms with Crippen LogP contribution in [0.5, 0.6) is 0 Å². The van der Waals surface area contributed by atoms with Gasteiger partial charge in [0.05, 0.1) is 38.8 Å². The van der Waals surface area contributed by atoms with Crippen molar-refractivity contribution in [2.45, 2.75) is 105 Å². The summed E-state index contributed by atoms with van der Waals surface area (Å²) in [5, 5.41) is 18.0. The predicted octanol–water partition coefficient (Wildman–Crippen LogP) is 14.8. The molecule has 0 unspecified atom stereocenters. The van der Waals surface area contributed by atoms with Gasteiger partial charge in [0, 0.05) is 26.9 Å². The molecule has 0 amide bonds. The summed E-state index contributed by atoms with van der Waals surface area (Å²) in [6.45, 7) is 27.3. The van der Waals surface area contributed by atoms with Crippen molar-refractivity contribution in [1.29, 1.82) is 5.26 Å². The molecule has 3 heterocycles. The molecule has 0 atom stereocenters. The van der Waals surface area contributed by atoms with Gasteiger partial charge in [-0.25, -0.2) is 0 Å². The lowest BCUT2D eigenvalue weighted by atomic mass is 9.85. The van der Waals surface area contributed by atoms with Crippen LogP contribution in [0.3, 0.4) is 0 Å². The van der Waals surface area contributed by atoms with Crippen molar-refractivity contribution in [2.24, 2.45) is 0 Å². The quantitative estimate of drug-likeness (QED) is 0.177. The number of hydrogen-bond donors (Lipinski definition) is 0. The number of rotatable bonds is 2. The van der Waals surface area contributed by atoms with E-state index in [1.54, 1.807) is 0 Å². The van der Waals surface area contributed by atoms with Gasteiger partial charge in [-0.05, 0) is 105 Å². The van der Waals surface area contributed by atoms with Crippen LogP contribution in [0.25, 0.3) is 76.9 Å². The van der Waals surface area contributed by atoms with E-state index >= 15 is 0 Å². The van der Waals surface area contributed by atoms with E-state index in [4.69, 9.17) is 4.42 Å². The molecule has 6 aromatic carbocycles. The van der Waals surface area contributed by atoms with Crippen LogP contribution in [0.2, 0.25) is 0 Å². The fourth-order valence-corrected chi connectivity index (χ4v) is 8.76. The van der Waals surface area contributed by atoms with E-state index in [0.29, 0.717) is 11.1 Å². The van der Waals surface area contributed by atoms with E-state index in [9.17, 15) is 5.26 Å². The fourth-order valence-electron chi connectivity index (χ4n) is 8.76. The fraction of sp³-hybridized carbons (Fsp3) is 0.302. The topological polar surface area (TPSA) is 46.8 Å². The molecule has 0 saturated heterocycles. The third-order valence-corrected chi connectivity index (χ3v) is 12.2. The molecule has 0 radical (unpaired) electrons. The average molecular weight is 748 g/mol. The summed E-state index contributed by atoms with van der Waals surface area (Å²) in [5.74, 6) is 0. The van der Waals surface area contributed by atoms with E-state index in [1.807, 2.05) is 12.1 Å². The minimum Gasteiger partial charge on any atom is -0.454 e. The largest absolute Gasteiger partial charge is 0.454 e. The van der Waals surface area contributed by atoms with Gasteiger partial charge in [0.15, 0.2) is 5.58 Å². The summed E-state index contributed by atoms with van der Waals surface area (Å²) >= 11 is 0. The molecule has 0 aliphatic heterocycles. The van der Waals surface area contributed by atoms with Crippen molar-refractivity contribution in [1.82, 2.24) is 9.13 Å². The second kappa shape index (κ2) is 12.1. The number of para-hydroxylation sites is 1. The molecule has 57 heavy (non-hydrogen) atoms. The molecule has 0 spiro atoms. The molecule has 9 rings (SSSR count). The number of fused-ring (bicyclic) bond motifs is 9. The Morgan fingerprint density at radius 1 is 0.439 bits per heavy atom. The Hall–Kier alpha value is -5.79. The van der Waals surface area contributed by atoms with Crippen molar-refractivity contribution < 1.29 is 4.42 Å². The summed E-state index contributed by atoms with van der Waals surface area (Å²) < 4.78 is 11.5. The van der Waals surface area contributed by atoms with Gasteiger partial charge in [-0.3, -0.25) is 0 Å². The average Bonchev–Trinajstić information content (AvgIpc) is 3.79. The van der Waals surface area contributed by atoms with Crippen LogP contribution in [0.4, 0.5) is 0 Å². The molecule has 0 fully saturated rings. The second-order valence-electron chi connectivity index (χ2n) is 20.3. The highest BCUT2D eigenvalue weighted by atomic mass is 16.3. The Morgan fingerprint density at radius 3 is 1.18 bits per heavy atom. The molecule has 0 bridgehead atoms. The zero-order valence-electron chi connectivity index (χ0n) is 35.6. The van der Waals surface area contributed by atoms with Crippen LogP contribution in [0.15, 0.2) is 108 Å². The first-order valence-corrected chi connectivity index (χ1v) is 20.3. The first-order valence-electron chi connectivity index (χ1n) is 20.3. The smallest absolute Gasteiger partial charge is 0.157 e. The summed E-state index contributed by atoms with van der Waals surface area (Å²) in [5.41, 5.74) is 13.1. The van der Waals surface area contributed by atoms with E-state index in [0.717, 1.165) is 49.8 Å². The molecular weight excluding hydrogens is 695 g/mol. The number of nitrogens with zero attached hydrogens (tertiary/aromatic N) is 3. The first-order chi connectivity index (χ1) is 26.8. The zero-order chi connectivity index (χ0) is 40.6. The Kier molecular flexibility index (Phi) is 7.82. The standard InChI is InChI=1S/C53H53N3O/c1-50(2,3)31-17-21-41-36(25-31)37-26-32(51(4,5)6)18-22-42(37)55(41)45-29-46(48-35-15-13-14-16-47(35)57-49(48)40(45)30-54)56-43-23-19-33(52(7,8)9)27-38(43)39-28-34(53(10,11)12)20-24-44(39)56/h13-29H,1-12H3. The molecule has 4 heteroatoms. The third-order valence-electron chi connectivity index (χ3n) is 12.2. The van der Waals surface area contributed by atoms with Gasteiger partial charge in [-0.15, -0.1) is 0 Å². The van der Waals surface area contributed by atoms with Crippen molar-refractivity contribution in [2.75, 3.05) is 0 Å². The Morgan fingerprint density at radius 2 is 0.807 bits per heavy atom. The maximum atomic E-state index is 11.2. The predicted molar refractivity (Wildman–Crippen MR) is 242 cm³/mol. The minimum atomic E-state index is -0.0291. The first kappa shape index (κ1) is 36.8. The van der Waals surface area contributed by atoms with Crippen LogP contribution < -0.4 is 0 Å². The highest BCUT2D eigenvalue weighted by Crippen LogP contribution is 2.45. The van der Waals surface area contributed by atoms with Gasteiger partial charge in [-0.1, -0.05) is 126 Å². The highest BCUT2D eigenvalue weighted by Gasteiger charge is 2.28. The van der Waals surface area contributed by atoms with Gasteiger partial charge < -0.3 is 13.6 Å². The van der Waals surface area contributed by atoms with Crippen molar-refractivity contribution in [3.63, 3.8) is 0 Å². The summed E-state index contributed by atoms with van der Waals surface area (Å²) in [4.78, 5) is 0. The van der Waals surface area contributed by atoms with E-state index in [1.165, 1.54) is 43.8 Å². The Labute approximate surface area is 336 Å². The maximum absolute atomic E-state index is 11.2. The number of nitriles is 1. The molecule has 9 aromatic rings. The van der Waals surface area contributed by atoms with Crippen LogP contribution in [-0.4, -0.2) is 9.13 Å². The molecule has 0 aliphatic rings. The monoisotopic (exact) mass is 747 g/mol. The van der Waals surface area contributed by atoms with Crippen molar-refractivity contribution in [3.8, 4) is 17.4 Å². The third kappa shape index (κ3) is 5.69. The molecule has 0 aliphatic carbocycles. The molecule has 286 valence electrons. The lowest BCUT2D eigenvalue weighted by Crippen LogP contribution is -2.10. The molecule has 3 aromatic heterocycles. The van der Waals surface area contributed by atoms with Crippen molar-refractivity contribution in [3.05, 3.63) is 131 Å². The second-order valence-corrected chi connectivity index (χ2v) is 20.3. The summed E-state index contributed by atoms with van der Waals surface area (Å²) in [7, 11) is 0. The van der Waals surface area contributed by atoms with Crippen LogP contribution in [0.1, 0.15) is 111 Å². The minimum absolute atomic E-state index is 0.0177. The van der Waals surface area contributed by atoms with Gasteiger partial charge >= 0.3 is 0 Å². The van der Waals surface area contributed by atoms with Crippen LogP contribution in [0, 0.1) is 11.3 Å². The number of benzene rings is 6. The van der Waals surface area contributed by atoms with E-state index in [2.05, 4.69) is 189 Å². The zero-order valence-corrected chi connectivity index (χ0v) is 35.6. The lowest BCUT2D eigenvalue weighted by molar-refractivity contribution is 0.590.